The third kappa shape index (κ3) is 3.33. The molecule has 0 aliphatic rings. The molecule has 14 heavy (non-hydrogen) atoms. The Balaban J connectivity index is 4.43. The molecule has 0 aliphatic carbocycles. The van der Waals surface area contributed by atoms with Crippen molar-refractivity contribution >= 4 is 0 Å². The Labute approximate surface area is 82.6 Å². The van der Waals surface area contributed by atoms with Gasteiger partial charge >= 0.3 is 0 Å². The normalized spacial score (nSPS) is 13.9. The maximum atomic E-state index is 12.4. The molecule has 0 fully saturated rings. The summed E-state index contributed by atoms with van der Waals surface area (Å²) in [6.07, 6.45) is 0.415. The number of alkyl halides is 3. The second kappa shape index (κ2) is 6.06. The molecule has 0 saturated heterocycles. The topological polar surface area (TPSA) is 20.2 Å². The quantitative estimate of drug-likeness (QED) is 0.668. The number of rotatable bonds is 6. The van der Waals surface area contributed by atoms with E-state index in [1.54, 1.807) is 19.9 Å². The van der Waals surface area contributed by atoms with Gasteiger partial charge in [-0.1, -0.05) is 11.6 Å². The van der Waals surface area contributed by atoms with Crippen molar-refractivity contribution in [2.24, 2.45) is 5.41 Å². The average Bonchev–Trinajstić information content (AvgIpc) is 2.18. The summed E-state index contributed by atoms with van der Waals surface area (Å²) in [7, 11) is 0. The van der Waals surface area contributed by atoms with Crippen LogP contribution in [0.4, 0.5) is 13.2 Å². The van der Waals surface area contributed by atoms with Crippen LogP contribution in [0.3, 0.4) is 0 Å². The molecule has 0 aromatic rings. The summed E-state index contributed by atoms with van der Waals surface area (Å²) in [5.74, 6) is 0. The lowest BCUT2D eigenvalue weighted by Crippen LogP contribution is -2.41. The molecule has 0 spiro atoms. The molecule has 0 aliphatic heterocycles. The fraction of sp³-hybridized carbons (Fsp3) is 0.800. The van der Waals surface area contributed by atoms with E-state index in [1.807, 2.05) is 0 Å². The Morgan fingerprint density at radius 3 is 1.93 bits per heavy atom. The van der Waals surface area contributed by atoms with Crippen LogP contribution >= 0.6 is 0 Å². The predicted molar refractivity (Wildman–Crippen MR) is 50.4 cm³/mol. The molecule has 0 radical (unpaired) electrons. The number of hydrogen-bond acceptors (Lipinski definition) is 1. The van der Waals surface area contributed by atoms with Crippen LogP contribution in [-0.4, -0.2) is 31.2 Å². The third-order valence-corrected chi connectivity index (χ3v) is 2.25. The zero-order valence-corrected chi connectivity index (χ0v) is 8.56. The highest BCUT2D eigenvalue weighted by atomic mass is 19.1. The molecule has 0 saturated carbocycles. The van der Waals surface area contributed by atoms with Crippen LogP contribution in [-0.2, 0) is 0 Å². The number of allylic oxidation sites excluding steroid dienone is 1. The number of hydrogen-bond donors (Lipinski definition) is 1. The SMILES string of the molecule is CC(C)=CCC(O)C(CF)(CF)CF. The van der Waals surface area contributed by atoms with Crippen LogP contribution in [0.1, 0.15) is 20.3 Å². The Bertz CT molecular complexity index is 176. The highest BCUT2D eigenvalue weighted by molar-refractivity contribution is 4.98. The van der Waals surface area contributed by atoms with Gasteiger partial charge in [-0.15, -0.1) is 0 Å². The second-order valence-electron chi connectivity index (χ2n) is 3.80. The lowest BCUT2D eigenvalue weighted by molar-refractivity contribution is -0.0259. The summed E-state index contributed by atoms with van der Waals surface area (Å²) in [5, 5.41) is 9.44. The monoisotopic (exact) mass is 210 g/mol. The van der Waals surface area contributed by atoms with Crippen molar-refractivity contribution in [3.63, 3.8) is 0 Å². The van der Waals surface area contributed by atoms with Crippen LogP contribution < -0.4 is 0 Å². The van der Waals surface area contributed by atoms with Crippen LogP contribution in [0, 0.1) is 5.41 Å². The van der Waals surface area contributed by atoms with E-state index in [9.17, 15) is 18.3 Å². The summed E-state index contributed by atoms with van der Waals surface area (Å²) in [6, 6.07) is 0. The van der Waals surface area contributed by atoms with E-state index in [4.69, 9.17) is 0 Å². The van der Waals surface area contributed by atoms with Crippen molar-refractivity contribution in [3.05, 3.63) is 11.6 Å². The first-order valence-electron chi connectivity index (χ1n) is 4.51. The molecule has 4 heteroatoms. The van der Waals surface area contributed by atoms with Crippen molar-refractivity contribution in [3.8, 4) is 0 Å². The smallest absolute Gasteiger partial charge is 0.103 e. The standard InChI is InChI=1S/C10H17F3O/c1-8(2)3-4-9(14)10(5-11,6-12)7-13/h3,9,14H,4-7H2,1-2H3. The molecule has 1 nitrogen and oxygen atoms in total. The third-order valence-electron chi connectivity index (χ3n) is 2.25. The maximum Gasteiger partial charge on any atom is 0.103 e. The summed E-state index contributed by atoms with van der Waals surface area (Å²) in [4.78, 5) is 0. The van der Waals surface area contributed by atoms with E-state index in [2.05, 4.69) is 0 Å². The first kappa shape index (κ1) is 13.5. The molecule has 0 amide bonds. The van der Waals surface area contributed by atoms with E-state index in [-0.39, 0.29) is 6.42 Å². The van der Waals surface area contributed by atoms with Gasteiger partial charge in [-0.25, -0.2) is 0 Å². The minimum Gasteiger partial charge on any atom is -0.392 e. The van der Waals surface area contributed by atoms with Crippen molar-refractivity contribution in [1.82, 2.24) is 0 Å². The molecule has 1 unspecified atom stereocenters. The van der Waals surface area contributed by atoms with E-state index < -0.39 is 31.5 Å². The van der Waals surface area contributed by atoms with Gasteiger partial charge in [-0.05, 0) is 20.3 Å². The first-order valence-corrected chi connectivity index (χ1v) is 4.51. The lowest BCUT2D eigenvalue weighted by atomic mass is 9.84. The van der Waals surface area contributed by atoms with Crippen LogP contribution in [0.25, 0.3) is 0 Å². The fourth-order valence-corrected chi connectivity index (χ4v) is 0.972. The Kier molecular flexibility index (Phi) is 5.84. The van der Waals surface area contributed by atoms with E-state index in [1.165, 1.54) is 0 Å². The molecule has 0 heterocycles. The summed E-state index contributed by atoms with van der Waals surface area (Å²) >= 11 is 0. The van der Waals surface area contributed by atoms with Crippen molar-refractivity contribution < 1.29 is 18.3 Å². The van der Waals surface area contributed by atoms with Gasteiger partial charge in [-0.3, -0.25) is 13.2 Å². The molecule has 0 bridgehead atoms. The molecular formula is C10H17F3O. The van der Waals surface area contributed by atoms with Crippen LogP contribution in [0.5, 0.6) is 0 Å². The molecule has 1 N–H and O–H groups in total. The van der Waals surface area contributed by atoms with Gasteiger partial charge in [0, 0.05) is 0 Å². The zero-order valence-electron chi connectivity index (χ0n) is 8.56. The van der Waals surface area contributed by atoms with Crippen LogP contribution in [0.2, 0.25) is 0 Å². The van der Waals surface area contributed by atoms with E-state index >= 15 is 0 Å². The summed E-state index contributed by atoms with van der Waals surface area (Å²) in [5.41, 5.74) is -0.944. The minimum absolute atomic E-state index is 0.0834. The molecule has 84 valence electrons. The van der Waals surface area contributed by atoms with Crippen molar-refractivity contribution in [1.29, 1.82) is 0 Å². The summed E-state index contributed by atoms with van der Waals surface area (Å²) in [6.45, 7) is 0.0524. The highest BCUT2D eigenvalue weighted by Crippen LogP contribution is 2.27. The van der Waals surface area contributed by atoms with Gasteiger partial charge in [0.15, 0.2) is 0 Å². The van der Waals surface area contributed by atoms with Gasteiger partial charge in [0.25, 0.3) is 0 Å². The van der Waals surface area contributed by atoms with E-state index in [0.29, 0.717) is 0 Å². The number of halogens is 3. The van der Waals surface area contributed by atoms with Gasteiger partial charge in [0.1, 0.15) is 20.0 Å². The lowest BCUT2D eigenvalue weighted by Gasteiger charge is -2.29. The largest absolute Gasteiger partial charge is 0.392 e. The minimum atomic E-state index is -1.87. The molecule has 0 aromatic carbocycles. The molecule has 0 rings (SSSR count). The van der Waals surface area contributed by atoms with Gasteiger partial charge in [0.2, 0.25) is 0 Å². The highest BCUT2D eigenvalue weighted by Gasteiger charge is 2.38. The molecule has 0 aromatic heterocycles. The average molecular weight is 210 g/mol. The van der Waals surface area contributed by atoms with Gasteiger partial charge in [0.05, 0.1) is 11.5 Å². The van der Waals surface area contributed by atoms with E-state index in [0.717, 1.165) is 5.57 Å². The summed E-state index contributed by atoms with van der Waals surface area (Å²) < 4.78 is 37.3. The van der Waals surface area contributed by atoms with Crippen molar-refractivity contribution in [2.75, 3.05) is 20.0 Å². The Morgan fingerprint density at radius 2 is 1.64 bits per heavy atom. The van der Waals surface area contributed by atoms with Crippen molar-refractivity contribution in [2.45, 2.75) is 26.4 Å². The Hall–Kier alpha value is -0.510. The van der Waals surface area contributed by atoms with Crippen LogP contribution in [0.15, 0.2) is 11.6 Å². The predicted octanol–water partition coefficient (Wildman–Crippen LogP) is 2.60. The van der Waals surface area contributed by atoms with Gasteiger partial charge < -0.3 is 5.11 Å². The molecule has 1 atom stereocenters. The Morgan fingerprint density at radius 1 is 1.21 bits per heavy atom. The first-order chi connectivity index (χ1) is 6.52. The zero-order chi connectivity index (χ0) is 11.2. The maximum absolute atomic E-state index is 12.4. The second-order valence-corrected chi connectivity index (χ2v) is 3.80. The molecular weight excluding hydrogens is 193 g/mol. The number of aliphatic hydroxyl groups excluding tert-OH is 1. The van der Waals surface area contributed by atoms with Gasteiger partial charge in [-0.2, -0.15) is 0 Å². The fourth-order valence-electron chi connectivity index (χ4n) is 0.972. The number of aliphatic hydroxyl groups is 1.